The lowest BCUT2D eigenvalue weighted by molar-refractivity contribution is -0.135. The maximum atomic E-state index is 13.9. The maximum absolute atomic E-state index is 13.9. The van der Waals surface area contributed by atoms with E-state index in [2.05, 4.69) is 18.8 Å². The molecule has 0 spiro atoms. The Morgan fingerprint density at radius 2 is 1.26 bits per heavy atom. The number of benzene rings is 2. The fourth-order valence-electron chi connectivity index (χ4n) is 5.47. The smallest absolute Gasteiger partial charge is 0.427 e. The summed E-state index contributed by atoms with van der Waals surface area (Å²) < 4.78 is 65.8. The number of H-pyrrole nitrogens is 1. The van der Waals surface area contributed by atoms with Crippen LogP contribution >= 0.6 is 15.6 Å². The Balaban J connectivity index is 1.37. The molecular formula is C39H52N2O14P2. The molecule has 16 nitrogen and oxygen atoms in total. The molecule has 2 heterocycles. The van der Waals surface area contributed by atoms with E-state index in [4.69, 9.17) is 32.1 Å². The molecule has 312 valence electrons. The molecule has 0 aliphatic carbocycles. The van der Waals surface area contributed by atoms with Crippen LogP contribution in [0.4, 0.5) is 0 Å². The number of aryl methyl sites for hydroxylation is 1. The summed E-state index contributed by atoms with van der Waals surface area (Å²) in [6, 6.07) is 12.3. The molecule has 0 radical (unpaired) electrons. The molecule has 0 fully saturated rings. The summed E-state index contributed by atoms with van der Waals surface area (Å²) in [6.07, 6.45) is 11.7. The van der Waals surface area contributed by atoms with Crippen LogP contribution in [0.15, 0.2) is 76.5 Å². The molecule has 4 atom stereocenters. The molecule has 1 aromatic heterocycles. The van der Waals surface area contributed by atoms with Crippen LogP contribution in [0, 0.1) is 6.92 Å². The van der Waals surface area contributed by atoms with Gasteiger partial charge in [-0.05, 0) is 61.2 Å². The number of carbonyl (C=O) groups excluding carboxylic acids is 2. The Labute approximate surface area is 331 Å². The summed E-state index contributed by atoms with van der Waals surface area (Å²) in [4.78, 5) is 61.3. The summed E-state index contributed by atoms with van der Waals surface area (Å²) in [5, 5.41) is 0. The molecule has 0 bridgehead atoms. The van der Waals surface area contributed by atoms with Gasteiger partial charge in [0.1, 0.15) is 17.6 Å². The van der Waals surface area contributed by atoms with Gasteiger partial charge in [-0.2, -0.15) is 4.31 Å². The molecule has 18 heteroatoms. The third-order valence-corrected chi connectivity index (χ3v) is 11.6. The summed E-state index contributed by atoms with van der Waals surface area (Å²) >= 11 is 0. The SMILES string of the molecule is CCCCCCCC(=O)Oc1ccc(COP(=O)(OCc2ccc(OC(=O)CCCCCC)cc2)OP(=O)(O)OC[C@@H]2C=C[C@H](n3cc(C)c(=O)[nH]c3=O)O2)cc1. The molecule has 0 saturated heterocycles. The van der Waals surface area contributed by atoms with Crippen molar-refractivity contribution < 1.29 is 55.7 Å². The van der Waals surface area contributed by atoms with Gasteiger partial charge < -0.3 is 19.1 Å². The molecule has 1 aliphatic rings. The van der Waals surface area contributed by atoms with E-state index in [1.54, 1.807) is 24.3 Å². The fourth-order valence-corrected chi connectivity index (χ4v) is 8.07. The second-order valence-electron chi connectivity index (χ2n) is 13.5. The second kappa shape index (κ2) is 22.8. The van der Waals surface area contributed by atoms with Crippen LogP contribution in [-0.4, -0.2) is 39.1 Å². The molecule has 57 heavy (non-hydrogen) atoms. The highest BCUT2D eigenvalue weighted by atomic mass is 31.3. The normalized spacial score (nSPS) is 17.2. The summed E-state index contributed by atoms with van der Waals surface area (Å²) in [7, 11) is -10.0. The van der Waals surface area contributed by atoms with Crippen molar-refractivity contribution in [3.63, 3.8) is 0 Å². The number of hydrogen-bond acceptors (Lipinski definition) is 13. The molecule has 1 aliphatic heterocycles. The van der Waals surface area contributed by atoms with Gasteiger partial charge in [0.2, 0.25) is 0 Å². The third-order valence-electron chi connectivity index (χ3n) is 8.64. The van der Waals surface area contributed by atoms with Crippen LogP contribution in [-0.2, 0) is 54.6 Å². The molecule has 2 N–H and O–H groups in total. The fraction of sp³-hybridized carbons (Fsp3) is 0.487. The highest BCUT2D eigenvalue weighted by molar-refractivity contribution is 7.61. The van der Waals surface area contributed by atoms with Gasteiger partial charge in [-0.25, -0.2) is 13.9 Å². The monoisotopic (exact) mass is 834 g/mol. The van der Waals surface area contributed by atoms with Gasteiger partial charge in [-0.3, -0.25) is 37.5 Å². The molecule has 2 aromatic carbocycles. The van der Waals surface area contributed by atoms with E-state index in [0.29, 0.717) is 29.0 Å². The first-order valence-electron chi connectivity index (χ1n) is 19.1. The van der Waals surface area contributed by atoms with Crippen molar-refractivity contribution in [2.45, 2.75) is 117 Å². The Bertz CT molecular complexity index is 2000. The zero-order chi connectivity index (χ0) is 41.3. The second-order valence-corrected chi connectivity index (χ2v) is 16.7. The Morgan fingerprint density at radius 1 is 0.754 bits per heavy atom. The number of nitrogens with zero attached hydrogens (tertiary/aromatic N) is 1. The molecule has 4 rings (SSSR count). The molecule has 2 unspecified atom stereocenters. The molecular weight excluding hydrogens is 782 g/mol. The van der Waals surface area contributed by atoms with Crippen LogP contribution in [0.5, 0.6) is 11.5 Å². The summed E-state index contributed by atoms with van der Waals surface area (Å²) in [5.41, 5.74) is -0.104. The third kappa shape index (κ3) is 16.1. The van der Waals surface area contributed by atoms with Gasteiger partial charge in [0.05, 0.1) is 19.8 Å². The van der Waals surface area contributed by atoms with Gasteiger partial charge in [0.15, 0.2) is 6.23 Å². The van der Waals surface area contributed by atoms with E-state index in [0.717, 1.165) is 62.4 Å². The van der Waals surface area contributed by atoms with E-state index in [-0.39, 0.29) is 23.9 Å². The average molecular weight is 835 g/mol. The first kappa shape index (κ1) is 45.7. The first-order valence-corrected chi connectivity index (χ1v) is 22.1. The number of rotatable bonds is 25. The molecule has 0 amide bonds. The van der Waals surface area contributed by atoms with Gasteiger partial charge >= 0.3 is 33.3 Å². The summed E-state index contributed by atoms with van der Waals surface area (Å²) in [6.45, 7) is 4.35. The van der Waals surface area contributed by atoms with Crippen LogP contribution in [0.3, 0.4) is 0 Å². The van der Waals surface area contributed by atoms with Crippen molar-refractivity contribution in [3.8, 4) is 11.5 Å². The lowest BCUT2D eigenvalue weighted by atomic mass is 10.1. The number of unbranched alkanes of at least 4 members (excludes halogenated alkanes) is 7. The number of hydrogen-bond donors (Lipinski definition) is 2. The van der Waals surface area contributed by atoms with Gasteiger partial charge in [0.25, 0.3) is 5.56 Å². The zero-order valence-corrected chi connectivity index (χ0v) is 34.3. The van der Waals surface area contributed by atoms with E-state index in [9.17, 15) is 33.2 Å². The minimum Gasteiger partial charge on any atom is -0.427 e. The summed E-state index contributed by atoms with van der Waals surface area (Å²) in [5.74, 6) is -0.116. The van der Waals surface area contributed by atoms with Crippen molar-refractivity contribution in [2.24, 2.45) is 0 Å². The number of phosphoric acid groups is 2. The minimum atomic E-state index is -5.16. The van der Waals surface area contributed by atoms with Crippen LogP contribution < -0.4 is 20.7 Å². The first-order chi connectivity index (χ1) is 27.3. The van der Waals surface area contributed by atoms with Gasteiger partial charge in [-0.15, -0.1) is 0 Å². The largest absolute Gasteiger partial charge is 0.484 e. The average Bonchev–Trinajstić information content (AvgIpc) is 3.65. The minimum absolute atomic E-state index is 0.269. The topological polar surface area (TPSA) is 208 Å². The number of carbonyl (C=O) groups is 2. The lowest BCUT2D eigenvalue weighted by Crippen LogP contribution is -2.33. The van der Waals surface area contributed by atoms with Crippen molar-refractivity contribution >= 4 is 27.6 Å². The Kier molecular flexibility index (Phi) is 18.3. The van der Waals surface area contributed by atoms with Crippen molar-refractivity contribution in [1.29, 1.82) is 0 Å². The quantitative estimate of drug-likeness (QED) is 0.0272. The standard InChI is InChI=1S/C39H52N2O14P2/c1-4-6-8-10-12-14-37(43)54-33-21-17-31(18-22-33)27-51-57(48,50-26-30-15-19-32(20-16-30)53-36(42)13-11-9-7-5-2)55-56(46,47)49-28-34-23-24-35(52-34)41-25-29(3)38(44)40-39(41)45/h15-25,34-35H,4-14,26-28H2,1-3H3,(H,46,47)(H,40,44,45)/t34-,35+,57?/m0/s1. The predicted octanol–water partition coefficient (Wildman–Crippen LogP) is 8.12. The van der Waals surface area contributed by atoms with Crippen LogP contribution in [0.2, 0.25) is 0 Å². The number of esters is 2. The predicted molar refractivity (Wildman–Crippen MR) is 209 cm³/mol. The highest BCUT2D eigenvalue weighted by Crippen LogP contribution is 2.64. The number of aromatic nitrogens is 2. The highest BCUT2D eigenvalue weighted by Gasteiger charge is 2.39. The number of nitrogens with one attached hydrogen (secondary N) is 1. The lowest BCUT2D eigenvalue weighted by Gasteiger charge is -2.22. The van der Waals surface area contributed by atoms with Gasteiger partial charge in [-0.1, -0.05) is 89.1 Å². The van der Waals surface area contributed by atoms with Crippen molar-refractivity contribution in [3.05, 3.63) is 104 Å². The van der Waals surface area contributed by atoms with E-state index < -0.39 is 59.0 Å². The van der Waals surface area contributed by atoms with Crippen LogP contribution in [0.1, 0.15) is 107 Å². The number of phosphoric ester groups is 2. The number of aromatic amines is 1. The van der Waals surface area contributed by atoms with E-state index >= 15 is 0 Å². The Morgan fingerprint density at radius 3 is 1.79 bits per heavy atom. The van der Waals surface area contributed by atoms with E-state index in [1.807, 2.05) is 0 Å². The van der Waals surface area contributed by atoms with E-state index in [1.165, 1.54) is 49.5 Å². The van der Waals surface area contributed by atoms with Crippen LogP contribution in [0.25, 0.3) is 0 Å². The van der Waals surface area contributed by atoms with Gasteiger partial charge in [0, 0.05) is 24.6 Å². The van der Waals surface area contributed by atoms with Crippen molar-refractivity contribution in [2.75, 3.05) is 6.61 Å². The zero-order valence-electron chi connectivity index (χ0n) is 32.5. The maximum Gasteiger partial charge on any atom is 0.484 e. The molecule has 3 aromatic rings. The number of ether oxygens (including phenoxy) is 3. The van der Waals surface area contributed by atoms with Crippen molar-refractivity contribution in [1.82, 2.24) is 9.55 Å². The Hall–Kier alpha value is -3.98. The molecule has 0 saturated carbocycles.